The molecule has 1 aliphatic heterocycles. The van der Waals surface area contributed by atoms with Gasteiger partial charge in [-0.25, -0.2) is 19.6 Å². The lowest BCUT2D eigenvalue weighted by Gasteiger charge is -2.28. The molecule has 1 aromatic carbocycles. The predicted molar refractivity (Wildman–Crippen MR) is 123 cm³/mol. The number of aromatic nitrogens is 5. The van der Waals surface area contributed by atoms with Gasteiger partial charge in [0, 0.05) is 31.8 Å². The number of rotatable bonds is 7. The molecule has 1 aliphatic rings. The molecule has 0 saturated carbocycles. The van der Waals surface area contributed by atoms with Crippen LogP contribution in [0.3, 0.4) is 0 Å². The Hall–Kier alpha value is -3.86. The number of morpholine rings is 1. The third-order valence-electron chi connectivity index (χ3n) is 5.47. The number of halogens is 2. The highest BCUT2D eigenvalue weighted by Crippen LogP contribution is 2.28. The van der Waals surface area contributed by atoms with Gasteiger partial charge in [-0.2, -0.15) is 8.78 Å². The second-order valence-electron chi connectivity index (χ2n) is 8.23. The van der Waals surface area contributed by atoms with Crippen LogP contribution in [0.2, 0.25) is 0 Å². The van der Waals surface area contributed by atoms with E-state index in [2.05, 4.69) is 35.8 Å². The van der Waals surface area contributed by atoms with Crippen LogP contribution >= 0.6 is 0 Å². The second kappa shape index (κ2) is 9.41. The van der Waals surface area contributed by atoms with Crippen molar-refractivity contribution in [2.24, 2.45) is 0 Å². The highest BCUT2D eigenvalue weighted by atomic mass is 19.3. The zero-order chi connectivity index (χ0) is 24.4. The van der Waals surface area contributed by atoms with Crippen molar-refractivity contribution < 1.29 is 22.7 Å². The zero-order valence-electron chi connectivity index (χ0n) is 19.3. The lowest BCUT2D eigenvalue weighted by molar-refractivity contribution is -0.158. The van der Waals surface area contributed by atoms with Crippen molar-refractivity contribution in [2.45, 2.75) is 26.5 Å². The largest absolute Gasteiger partial charge is 0.434 e. The molecule has 1 fully saturated rings. The number of nitrogens with zero attached hydrogens (tertiary/aromatic N) is 6. The summed E-state index contributed by atoms with van der Waals surface area (Å²) in [7, 11) is 0. The molecule has 5 rings (SSSR count). The smallest absolute Gasteiger partial charge is 0.394 e. The Labute approximate surface area is 200 Å². The van der Waals surface area contributed by atoms with Crippen LogP contribution in [-0.4, -0.2) is 57.1 Å². The van der Waals surface area contributed by atoms with Crippen molar-refractivity contribution in [3.63, 3.8) is 0 Å². The lowest BCUT2D eigenvalue weighted by Crippen LogP contribution is -2.36. The topological polar surface area (TPSA) is 91.3 Å². The van der Waals surface area contributed by atoms with Crippen molar-refractivity contribution in [1.82, 2.24) is 24.7 Å². The Bertz CT molecular complexity index is 1290. The summed E-state index contributed by atoms with van der Waals surface area (Å²) in [5, 5.41) is 4.57. The maximum Gasteiger partial charge on any atom is 0.394 e. The second-order valence-corrected chi connectivity index (χ2v) is 8.23. The first kappa shape index (κ1) is 22.9. The first-order valence-corrected chi connectivity index (χ1v) is 11.2. The van der Waals surface area contributed by atoms with Crippen molar-refractivity contribution in [1.29, 1.82) is 0 Å². The number of hydrogen-bond acceptors (Lipinski definition) is 8. The first-order chi connectivity index (χ1) is 16.8. The van der Waals surface area contributed by atoms with E-state index < -0.39 is 6.11 Å². The predicted octanol–water partition coefficient (Wildman–Crippen LogP) is 4.18. The quantitative estimate of drug-likeness (QED) is 0.388. The Morgan fingerprint density at radius 2 is 1.86 bits per heavy atom. The molecule has 11 heteroatoms. The molecule has 3 aromatic heterocycles. The van der Waals surface area contributed by atoms with E-state index >= 15 is 0 Å². The van der Waals surface area contributed by atoms with Gasteiger partial charge < -0.3 is 18.8 Å². The molecule has 4 heterocycles. The average molecular weight is 482 g/mol. The molecule has 182 valence electrons. The molecular weight excluding hydrogens is 458 g/mol. The summed E-state index contributed by atoms with van der Waals surface area (Å²) in [5.74, 6) is 2.79. The Balaban J connectivity index is 1.30. The SMILES string of the molecule is Cc1nc(-c2ncc(-c3ccc(OC(C)(F)F)cc3)o2)nn1Cc1ccnc(N2CCOCC2)c1. The number of alkyl halides is 2. The van der Waals surface area contributed by atoms with Crippen molar-refractivity contribution in [3.8, 4) is 28.8 Å². The van der Waals surface area contributed by atoms with E-state index in [-0.39, 0.29) is 11.6 Å². The minimum absolute atomic E-state index is 0.0601. The van der Waals surface area contributed by atoms with Gasteiger partial charge in [-0.15, -0.1) is 5.10 Å². The first-order valence-electron chi connectivity index (χ1n) is 11.2. The van der Waals surface area contributed by atoms with Crippen molar-refractivity contribution in [2.75, 3.05) is 31.2 Å². The number of benzene rings is 1. The van der Waals surface area contributed by atoms with Crippen LogP contribution in [0, 0.1) is 6.92 Å². The van der Waals surface area contributed by atoms with Gasteiger partial charge in [0.25, 0.3) is 5.89 Å². The maximum atomic E-state index is 13.0. The van der Waals surface area contributed by atoms with Gasteiger partial charge in [0.15, 0.2) is 5.76 Å². The van der Waals surface area contributed by atoms with Crippen LogP contribution < -0.4 is 9.64 Å². The molecule has 0 unspecified atom stereocenters. The van der Waals surface area contributed by atoms with E-state index in [4.69, 9.17) is 9.15 Å². The minimum atomic E-state index is -3.25. The Kier molecular flexibility index (Phi) is 6.16. The minimum Gasteiger partial charge on any atom is -0.434 e. The average Bonchev–Trinajstić information content (AvgIpc) is 3.47. The molecule has 0 spiro atoms. The number of aryl methyl sites for hydroxylation is 1. The van der Waals surface area contributed by atoms with Crippen molar-refractivity contribution in [3.05, 3.63) is 60.2 Å². The van der Waals surface area contributed by atoms with Crippen LogP contribution in [0.4, 0.5) is 14.6 Å². The summed E-state index contributed by atoms with van der Waals surface area (Å²) < 4.78 is 43.7. The fourth-order valence-electron chi connectivity index (χ4n) is 3.76. The molecule has 4 aromatic rings. The van der Waals surface area contributed by atoms with E-state index in [1.54, 1.807) is 29.2 Å². The summed E-state index contributed by atoms with van der Waals surface area (Å²) >= 11 is 0. The highest BCUT2D eigenvalue weighted by Gasteiger charge is 2.23. The van der Waals surface area contributed by atoms with Crippen LogP contribution in [0.1, 0.15) is 18.3 Å². The third-order valence-corrected chi connectivity index (χ3v) is 5.47. The van der Waals surface area contributed by atoms with Gasteiger partial charge in [-0.05, 0) is 48.9 Å². The molecule has 0 bridgehead atoms. The van der Waals surface area contributed by atoms with E-state index in [0.29, 0.717) is 49.7 Å². The standard InChI is InChI=1S/C24H24F2N6O3/c1-16-29-22(23-28-14-20(34-23)18-3-5-19(6-4-18)35-24(2,25)26)30-32(16)15-17-7-8-27-21(13-17)31-9-11-33-12-10-31/h3-8,13-14H,9-12,15H2,1-2H3. The zero-order valence-corrected chi connectivity index (χ0v) is 19.3. The summed E-state index contributed by atoms with van der Waals surface area (Å²) in [5.41, 5.74) is 1.72. The van der Waals surface area contributed by atoms with E-state index in [1.807, 2.05) is 13.0 Å². The van der Waals surface area contributed by atoms with Crippen LogP contribution in [0.15, 0.2) is 53.2 Å². The molecule has 1 saturated heterocycles. The third kappa shape index (κ3) is 5.46. The molecule has 9 nitrogen and oxygen atoms in total. The van der Waals surface area contributed by atoms with Gasteiger partial charge in [-0.1, -0.05) is 0 Å². The molecule has 0 radical (unpaired) electrons. The van der Waals surface area contributed by atoms with Crippen LogP contribution in [-0.2, 0) is 11.3 Å². The summed E-state index contributed by atoms with van der Waals surface area (Å²) in [6.45, 7) is 6.11. The van der Waals surface area contributed by atoms with Gasteiger partial charge in [0.2, 0.25) is 5.82 Å². The number of ether oxygens (including phenoxy) is 2. The molecule has 0 amide bonds. The fourth-order valence-corrected chi connectivity index (χ4v) is 3.76. The molecule has 0 aliphatic carbocycles. The highest BCUT2D eigenvalue weighted by molar-refractivity contribution is 5.59. The monoisotopic (exact) mass is 482 g/mol. The van der Waals surface area contributed by atoms with Gasteiger partial charge in [0.1, 0.15) is 17.4 Å². The summed E-state index contributed by atoms with van der Waals surface area (Å²) in [4.78, 5) is 15.5. The normalized spacial score (nSPS) is 14.3. The number of anilines is 1. The van der Waals surface area contributed by atoms with E-state index in [1.165, 1.54) is 12.1 Å². The number of hydrogen-bond donors (Lipinski definition) is 0. The Morgan fingerprint density at radius 3 is 2.60 bits per heavy atom. The molecule has 0 atom stereocenters. The van der Waals surface area contributed by atoms with Gasteiger partial charge >= 0.3 is 6.11 Å². The number of oxazole rings is 1. The van der Waals surface area contributed by atoms with Crippen LogP contribution in [0.5, 0.6) is 5.75 Å². The maximum absolute atomic E-state index is 13.0. The summed E-state index contributed by atoms with van der Waals surface area (Å²) in [6, 6.07) is 10.2. The van der Waals surface area contributed by atoms with E-state index in [9.17, 15) is 8.78 Å². The number of pyridine rings is 1. The van der Waals surface area contributed by atoms with E-state index in [0.717, 1.165) is 24.5 Å². The fraction of sp³-hybridized carbons (Fsp3) is 0.333. The van der Waals surface area contributed by atoms with Crippen LogP contribution in [0.25, 0.3) is 23.0 Å². The van der Waals surface area contributed by atoms with Gasteiger partial charge in [0.05, 0.1) is 26.0 Å². The molecule has 35 heavy (non-hydrogen) atoms. The summed E-state index contributed by atoms with van der Waals surface area (Å²) in [6.07, 6.45) is 0.0996. The van der Waals surface area contributed by atoms with Gasteiger partial charge in [-0.3, -0.25) is 0 Å². The Morgan fingerprint density at radius 1 is 1.09 bits per heavy atom. The van der Waals surface area contributed by atoms with Crippen molar-refractivity contribution >= 4 is 5.82 Å². The molecular formula is C24H24F2N6O3. The lowest BCUT2D eigenvalue weighted by atomic mass is 10.2. The molecule has 0 N–H and O–H groups in total.